The number of ether oxygens (including phenoxy) is 2. The topological polar surface area (TPSA) is 340 Å². The molecule has 10 atom stereocenters. The molecular formula is C20H25N10O13P2+. The van der Waals surface area contributed by atoms with E-state index in [0.717, 1.165) is 17.2 Å². The Hall–Kier alpha value is -3.57. The van der Waals surface area contributed by atoms with Crippen LogP contribution in [0.4, 0.5) is 11.8 Å². The first-order valence-corrected chi connectivity index (χ1v) is 15.4. The van der Waals surface area contributed by atoms with Crippen molar-refractivity contribution < 1.29 is 57.3 Å². The fourth-order valence-corrected chi connectivity index (χ4v) is 6.49. The lowest BCUT2D eigenvalue weighted by Gasteiger charge is -2.24. The van der Waals surface area contributed by atoms with Gasteiger partial charge in [-0.05, 0) is 0 Å². The number of phosphoric acid groups is 1. The molecule has 10 unspecified atom stereocenters. The van der Waals surface area contributed by atoms with E-state index in [1.807, 2.05) is 0 Å². The average Bonchev–Trinajstić information content (AvgIpc) is 3.73. The maximum absolute atomic E-state index is 13.1. The highest BCUT2D eigenvalue weighted by molar-refractivity contribution is 7.47. The normalized spacial score (nSPS) is 30.3. The van der Waals surface area contributed by atoms with E-state index in [4.69, 9.17) is 34.5 Å². The number of nitrogens with two attached hydrogens (primary N) is 2. The molecular weight excluding hydrogens is 650 g/mol. The van der Waals surface area contributed by atoms with Gasteiger partial charge >= 0.3 is 16.1 Å². The van der Waals surface area contributed by atoms with Crippen LogP contribution in [0.25, 0.3) is 16.8 Å². The van der Waals surface area contributed by atoms with Crippen LogP contribution in [-0.2, 0) is 32.2 Å². The van der Waals surface area contributed by atoms with Gasteiger partial charge in [0, 0.05) is 4.57 Å². The molecule has 0 radical (unpaired) electrons. The van der Waals surface area contributed by atoms with Crippen molar-refractivity contribution in [3.05, 3.63) is 34.9 Å². The van der Waals surface area contributed by atoms with E-state index in [1.165, 1.54) is 10.7 Å². The van der Waals surface area contributed by atoms with Gasteiger partial charge in [-0.25, -0.2) is 24.0 Å². The lowest BCUT2D eigenvalue weighted by molar-refractivity contribution is -0.0546. The van der Waals surface area contributed by atoms with Gasteiger partial charge in [0.25, 0.3) is 5.56 Å². The Kier molecular flexibility index (Phi) is 8.36. The number of aromatic amines is 1. The summed E-state index contributed by atoms with van der Waals surface area (Å²) < 4.78 is 53.7. The number of rotatable bonds is 10. The van der Waals surface area contributed by atoms with Gasteiger partial charge in [-0.3, -0.25) is 23.4 Å². The number of aliphatic hydroxyl groups is 3. The van der Waals surface area contributed by atoms with Crippen LogP contribution in [0.1, 0.15) is 18.0 Å². The van der Waals surface area contributed by atoms with E-state index >= 15 is 0 Å². The van der Waals surface area contributed by atoms with Crippen LogP contribution in [0, 0.1) is 0 Å². The molecule has 4 aromatic heterocycles. The number of nitrogens with one attached hydrogen (secondary N) is 1. The molecule has 23 nitrogen and oxygen atoms in total. The van der Waals surface area contributed by atoms with Crippen molar-refractivity contribution in [3.63, 3.8) is 0 Å². The summed E-state index contributed by atoms with van der Waals surface area (Å²) in [5.41, 5.74) is 10.7. The summed E-state index contributed by atoms with van der Waals surface area (Å²) in [7, 11) is -8.46. The predicted molar refractivity (Wildman–Crippen MR) is 144 cm³/mol. The quantitative estimate of drug-likeness (QED) is 0.0777. The van der Waals surface area contributed by atoms with Crippen molar-refractivity contribution in [2.24, 2.45) is 0 Å². The average molecular weight is 675 g/mol. The number of aliphatic hydroxyl groups excluding tert-OH is 3. The summed E-state index contributed by atoms with van der Waals surface area (Å²) in [5, 5.41) is 35.4. The second-order valence-electron chi connectivity index (χ2n) is 9.81. The van der Waals surface area contributed by atoms with E-state index in [1.54, 1.807) is 0 Å². The second kappa shape index (κ2) is 12.0. The van der Waals surface area contributed by atoms with Crippen LogP contribution in [0.5, 0.6) is 0 Å². The van der Waals surface area contributed by atoms with Crippen LogP contribution in [-0.4, -0.2) is 114 Å². The SMILES string of the molecule is Nc1nc2c(ncn2C2OC(CO)C(O)C2OP(=O)(O)OCC2OC(c3cnc4c(N)ncnn34)C(O)C2O[P+](=O)O)c(=O)[nH]1. The Morgan fingerprint density at radius 2 is 1.89 bits per heavy atom. The van der Waals surface area contributed by atoms with E-state index < -0.39 is 83.8 Å². The Morgan fingerprint density at radius 3 is 2.62 bits per heavy atom. The number of H-pyrrole nitrogens is 1. The monoisotopic (exact) mass is 675 g/mol. The van der Waals surface area contributed by atoms with Gasteiger partial charge in [0.1, 0.15) is 43.0 Å². The molecule has 6 rings (SSSR count). The molecule has 2 fully saturated rings. The molecule has 0 bridgehead atoms. The number of nitrogens with zero attached hydrogens (tertiary/aromatic N) is 7. The van der Waals surface area contributed by atoms with E-state index in [2.05, 4.69) is 30.0 Å². The second-order valence-corrected chi connectivity index (χ2v) is 11.9. The number of phosphoric ester groups is 1. The largest absolute Gasteiger partial charge is 0.695 e. The number of fused-ring (bicyclic) bond motifs is 2. The molecule has 0 saturated carbocycles. The van der Waals surface area contributed by atoms with E-state index in [0.29, 0.717) is 0 Å². The molecule has 45 heavy (non-hydrogen) atoms. The number of imidazole rings is 2. The first-order valence-electron chi connectivity index (χ1n) is 12.8. The van der Waals surface area contributed by atoms with Crippen molar-refractivity contribution in [2.45, 2.75) is 49.0 Å². The molecule has 10 N–H and O–H groups in total. The summed E-state index contributed by atoms with van der Waals surface area (Å²) in [6, 6.07) is 0. The lowest BCUT2D eigenvalue weighted by Crippen LogP contribution is -2.36. The predicted octanol–water partition coefficient (Wildman–Crippen LogP) is -2.99. The van der Waals surface area contributed by atoms with Crippen LogP contribution in [0.3, 0.4) is 0 Å². The Balaban J connectivity index is 1.22. The molecule has 2 saturated heterocycles. The molecule has 2 aliphatic rings. The minimum absolute atomic E-state index is 0.0165. The number of nitrogen functional groups attached to an aromatic ring is 2. The lowest BCUT2D eigenvalue weighted by atomic mass is 10.1. The third-order valence-corrected chi connectivity index (χ3v) is 8.48. The van der Waals surface area contributed by atoms with E-state index in [-0.39, 0.29) is 34.3 Å². The van der Waals surface area contributed by atoms with E-state index in [9.17, 15) is 39.0 Å². The molecule has 4 aromatic rings. The van der Waals surface area contributed by atoms with Gasteiger partial charge in [0.15, 0.2) is 35.0 Å². The van der Waals surface area contributed by atoms with Crippen LogP contribution in [0.15, 0.2) is 23.6 Å². The first-order chi connectivity index (χ1) is 21.4. The minimum atomic E-state index is -5.17. The minimum Gasteiger partial charge on any atom is -0.394 e. The van der Waals surface area contributed by atoms with Crippen molar-refractivity contribution in [1.82, 2.24) is 39.1 Å². The zero-order valence-corrected chi connectivity index (χ0v) is 24.2. The highest BCUT2D eigenvalue weighted by atomic mass is 31.2. The zero-order valence-electron chi connectivity index (χ0n) is 22.4. The van der Waals surface area contributed by atoms with Crippen molar-refractivity contribution in [2.75, 3.05) is 24.7 Å². The number of hydrogen-bond acceptors (Lipinski definition) is 18. The molecule has 242 valence electrons. The van der Waals surface area contributed by atoms with Gasteiger partial charge in [-0.2, -0.15) is 10.1 Å². The van der Waals surface area contributed by atoms with Crippen molar-refractivity contribution in [1.29, 1.82) is 0 Å². The Bertz CT molecular complexity index is 1850. The van der Waals surface area contributed by atoms with Crippen LogP contribution >= 0.6 is 16.1 Å². The number of aromatic nitrogens is 8. The standard InChI is InChI=1S/C20H24N10O13P2/c21-15-17-23-1-6(30(17)26-4-24-15)12-11(33)13(42-44(35)36)8(40-12)3-39-45(37,38)43-14-10(32)7(2-31)41-19(14)29-5-25-9-16(29)27-20(22)28-18(9)34/h1,4-5,7-8,10-14,19,31-33H,2-3H2,(H6-,21,22,24,26,27,28,34,35,36,37,38)/p+1. The maximum Gasteiger partial charge on any atom is 0.695 e. The van der Waals surface area contributed by atoms with Gasteiger partial charge in [-0.1, -0.05) is 0 Å². The van der Waals surface area contributed by atoms with Crippen LogP contribution in [0.2, 0.25) is 0 Å². The fourth-order valence-electron chi connectivity index (χ4n) is 5.09. The Labute approximate surface area is 249 Å². The van der Waals surface area contributed by atoms with Gasteiger partial charge in [0.2, 0.25) is 5.95 Å². The first kappa shape index (κ1) is 31.4. The van der Waals surface area contributed by atoms with Crippen molar-refractivity contribution in [3.8, 4) is 0 Å². The molecule has 0 spiro atoms. The van der Waals surface area contributed by atoms with Gasteiger partial charge in [-0.15, -0.1) is 9.42 Å². The highest BCUT2D eigenvalue weighted by Crippen LogP contribution is 2.50. The molecule has 6 heterocycles. The summed E-state index contributed by atoms with van der Waals surface area (Å²) >= 11 is 0. The van der Waals surface area contributed by atoms with Crippen molar-refractivity contribution >= 4 is 44.7 Å². The Morgan fingerprint density at radius 1 is 1.11 bits per heavy atom. The molecule has 0 aromatic carbocycles. The highest BCUT2D eigenvalue weighted by Gasteiger charge is 2.53. The molecule has 25 heteroatoms. The summed E-state index contributed by atoms with van der Waals surface area (Å²) in [4.78, 5) is 50.3. The summed E-state index contributed by atoms with van der Waals surface area (Å²) in [6.45, 7) is -1.58. The third kappa shape index (κ3) is 5.80. The summed E-state index contributed by atoms with van der Waals surface area (Å²) in [5.74, 6) is -0.263. The fraction of sp³-hybridized carbons (Fsp3) is 0.500. The van der Waals surface area contributed by atoms with Gasteiger partial charge in [0.05, 0.1) is 31.4 Å². The third-order valence-electron chi connectivity index (χ3n) is 7.07. The molecule has 0 amide bonds. The smallest absolute Gasteiger partial charge is 0.394 e. The summed E-state index contributed by atoms with van der Waals surface area (Å²) in [6.07, 6.45) is -8.62. The number of hydrogen-bond donors (Lipinski definition) is 8. The maximum atomic E-state index is 13.1. The number of anilines is 2. The van der Waals surface area contributed by atoms with Crippen LogP contribution < -0.4 is 17.0 Å². The zero-order chi connectivity index (χ0) is 32.2. The molecule has 2 aliphatic heterocycles. The van der Waals surface area contributed by atoms with Gasteiger partial charge < -0.3 is 41.2 Å². The molecule has 0 aliphatic carbocycles.